The van der Waals surface area contributed by atoms with Crippen LogP contribution in [0.15, 0.2) is 18.2 Å². The lowest BCUT2D eigenvalue weighted by Gasteiger charge is -2.29. The Morgan fingerprint density at radius 3 is 2.60 bits per heavy atom. The highest BCUT2D eigenvalue weighted by molar-refractivity contribution is 5.88. The van der Waals surface area contributed by atoms with E-state index < -0.39 is 5.97 Å². The summed E-state index contributed by atoms with van der Waals surface area (Å²) in [5, 5.41) is 8.97. The molecule has 0 amide bonds. The second-order valence-electron chi connectivity index (χ2n) is 4.93. The van der Waals surface area contributed by atoms with Crippen molar-refractivity contribution >= 4 is 5.97 Å². The van der Waals surface area contributed by atoms with Gasteiger partial charge in [0.25, 0.3) is 0 Å². The molecule has 110 valence electrons. The number of carbonyl (C=O) groups is 1. The van der Waals surface area contributed by atoms with Gasteiger partial charge in [0.15, 0.2) is 11.5 Å². The molecule has 1 aliphatic carbocycles. The van der Waals surface area contributed by atoms with Crippen molar-refractivity contribution in [2.75, 3.05) is 14.2 Å². The van der Waals surface area contributed by atoms with E-state index in [1.165, 1.54) is 19.2 Å². The van der Waals surface area contributed by atoms with Gasteiger partial charge in [0.1, 0.15) is 6.10 Å². The molecule has 1 fully saturated rings. The summed E-state index contributed by atoms with van der Waals surface area (Å²) in [4.78, 5) is 10.9. The molecule has 0 bridgehead atoms. The van der Waals surface area contributed by atoms with E-state index in [0.717, 1.165) is 25.7 Å². The fourth-order valence-electron chi connectivity index (χ4n) is 2.50. The third-order valence-electron chi connectivity index (χ3n) is 3.62. The van der Waals surface area contributed by atoms with Crippen LogP contribution in [0.25, 0.3) is 0 Å². The Kier molecular flexibility index (Phi) is 4.84. The lowest BCUT2D eigenvalue weighted by molar-refractivity contribution is 0.0201. The Morgan fingerprint density at radius 2 is 1.95 bits per heavy atom. The summed E-state index contributed by atoms with van der Waals surface area (Å²) in [5.74, 6) is 0.0515. The van der Waals surface area contributed by atoms with Crippen molar-refractivity contribution in [3.05, 3.63) is 23.8 Å². The van der Waals surface area contributed by atoms with Crippen LogP contribution in [0.1, 0.15) is 36.0 Å². The number of hydrogen-bond donors (Lipinski definition) is 1. The van der Waals surface area contributed by atoms with Crippen molar-refractivity contribution in [1.29, 1.82) is 0 Å². The molecule has 0 saturated heterocycles. The van der Waals surface area contributed by atoms with E-state index in [9.17, 15) is 4.79 Å². The minimum absolute atomic E-state index is 0.0817. The normalized spacial score (nSPS) is 22.3. The van der Waals surface area contributed by atoms with Crippen molar-refractivity contribution < 1.29 is 24.1 Å². The second kappa shape index (κ2) is 6.61. The molecule has 20 heavy (non-hydrogen) atoms. The van der Waals surface area contributed by atoms with Crippen molar-refractivity contribution in [1.82, 2.24) is 0 Å². The Morgan fingerprint density at radius 1 is 1.20 bits per heavy atom. The molecule has 2 rings (SSSR count). The summed E-state index contributed by atoms with van der Waals surface area (Å²) in [6, 6.07) is 4.66. The van der Waals surface area contributed by atoms with E-state index in [4.69, 9.17) is 19.3 Å². The maximum Gasteiger partial charge on any atom is 0.335 e. The summed E-state index contributed by atoms with van der Waals surface area (Å²) < 4.78 is 16.5. The minimum Gasteiger partial charge on any atom is -0.493 e. The van der Waals surface area contributed by atoms with Gasteiger partial charge in [-0.05, 0) is 37.5 Å². The zero-order valence-corrected chi connectivity index (χ0v) is 11.8. The van der Waals surface area contributed by atoms with Gasteiger partial charge in [0.05, 0.1) is 18.8 Å². The SMILES string of the molecule is COc1cc(C(=O)O)ccc1OC1CCCC(OC)C1. The number of carboxylic acids is 1. The van der Waals surface area contributed by atoms with Crippen molar-refractivity contribution in [3.8, 4) is 11.5 Å². The molecule has 1 aromatic rings. The first kappa shape index (κ1) is 14.7. The lowest BCUT2D eigenvalue weighted by Crippen LogP contribution is -2.29. The highest BCUT2D eigenvalue weighted by Gasteiger charge is 2.24. The molecule has 0 heterocycles. The van der Waals surface area contributed by atoms with E-state index in [-0.39, 0.29) is 17.8 Å². The fraction of sp³-hybridized carbons (Fsp3) is 0.533. The molecule has 0 radical (unpaired) electrons. The lowest BCUT2D eigenvalue weighted by atomic mass is 9.95. The number of rotatable bonds is 5. The molecular formula is C15H20O5. The van der Waals surface area contributed by atoms with Crippen LogP contribution >= 0.6 is 0 Å². The van der Waals surface area contributed by atoms with Crippen LogP contribution in [-0.2, 0) is 4.74 Å². The van der Waals surface area contributed by atoms with Gasteiger partial charge in [0.2, 0.25) is 0 Å². The second-order valence-corrected chi connectivity index (χ2v) is 4.93. The van der Waals surface area contributed by atoms with Crippen LogP contribution in [0, 0.1) is 0 Å². The molecular weight excluding hydrogens is 260 g/mol. The van der Waals surface area contributed by atoms with Crippen molar-refractivity contribution in [3.63, 3.8) is 0 Å². The largest absolute Gasteiger partial charge is 0.493 e. The number of carboxylic acid groups (broad SMARTS) is 1. The zero-order valence-electron chi connectivity index (χ0n) is 11.8. The number of aromatic carboxylic acids is 1. The van der Waals surface area contributed by atoms with Crippen molar-refractivity contribution in [2.24, 2.45) is 0 Å². The molecule has 1 aliphatic rings. The van der Waals surface area contributed by atoms with E-state index in [1.807, 2.05) is 0 Å². The standard InChI is InChI=1S/C15H20O5/c1-18-11-4-3-5-12(9-11)20-13-7-6-10(15(16)17)8-14(13)19-2/h6-8,11-12H,3-5,9H2,1-2H3,(H,16,17). The third kappa shape index (κ3) is 3.42. The summed E-state index contributed by atoms with van der Waals surface area (Å²) in [5.41, 5.74) is 0.188. The molecule has 0 aromatic heterocycles. The predicted molar refractivity (Wildman–Crippen MR) is 73.6 cm³/mol. The Hall–Kier alpha value is -1.75. The van der Waals surface area contributed by atoms with Gasteiger partial charge < -0.3 is 19.3 Å². The molecule has 2 atom stereocenters. The van der Waals surface area contributed by atoms with Gasteiger partial charge in [0, 0.05) is 13.5 Å². The van der Waals surface area contributed by atoms with Gasteiger partial charge in [-0.3, -0.25) is 0 Å². The first-order valence-electron chi connectivity index (χ1n) is 6.74. The zero-order chi connectivity index (χ0) is 14.5. The van der Waals surface area contributed by atoms with Crippen molar-refractivity contribution in [2.45, 2.75) is 37.9 Å². The molecule has 1 saturated carbocycles. The van der Waals surface area contributed by atoms with Crippen LogP contribution < -0.4 is 9.47 Å². The van der Waals surface area contributed by atoms with Crippen LogP contribution in [0.5, 0.6) is 11.5 Å². The Labute approximate surface area is 118 Å². The molecule has 1 N–H and O–H groups in total. The van der Waals surface area contributed by atoms with E-state index >= 15 is 0 Å². The number of benzene rings is 1. The van der Waals surface area contributed by atoms with Crippen LogP contribution in [0.3, 0.4) is 0 Å². The van der Waals surface area contributed by atoms with Gasteiger partial charge in [-0.1, -0.05) is 0 Å². The molecule has 0 spiro atoms. The van der Waals surface area contributed by atoms with E-state index in [1.54, 1.807) is 13.2 Å². The first-order chi connectivity index (χ1) is 9.63. The molecule has 2 unspecified atom stereocenters. The fourth-order valence-corrected chi connectivity index (χ4v) is 2.50. The van der Waals surface area contributed by atoms with Gasteiger partial charge in [-0.25, -0.2) is 4.79 Å². The number of methoxy groups -OCH3 is 2. The molecule has 1 aromatic carbocycles. The molecule has 0 aliphatic heterocycles. The van der Waals surface area contributed by atoms with Gasteiger partial charge >= 0.3 is 5.97 Å². The Bertz CT molecular complexity index is 471. The van der Waals surface area contributed by atoms with E-state index in [2.05, 4.69) is 0 Å². The minimum atomic E-state index is -0.980. The molecule has 5 heteroatoms. The van der Waals surface area contributed by atoms with Gasteiger partial charge in [-0.2, -0.15) is 0 Å². The number of hydrogen-bond acceptors (Lipinski definition) is 4. The summed E-state index contributed by atoms with van der Waals surface area (Å²) in [6.45, 7) is 0. The maximum atomic E-state index is 10.9. The topological polar surface area (TPSA) is 65.0 Å². The van der Waals surface area contributed by atoms with Gasteiger partial charge in [-0.15, -0.1) is 0 Å². The first-order valence-corrected chi connectivity index (χ1v) is 6.74. The molecule has 5 nitrogen and oxygen atoms in total. The maximum absolute atomic E-state index is 10.9. The quantitative estimate of drug-likeness (QED) is 0.898. The third-order valence-corrected chi connectivity index (χ3v) is 3.62. The number of ether oxygens (including phenoxy) is 3. The highest BCUT2D eigenvalue weighted by atomic mass is 16.5. The summed E-state index contributed by atoms with van der Waals surface area (Å²) in [6.07, 6.45) is 4.27. The average molecular weight is 280 g/mol. The monoisotopic (exact) mass is 280 g/mol. The summed E-state index contributed by atoms with van der Waals surface area (Å²) >= 11 is 0. The highest BCUT2D eigenvalue weighted by Crippen LogP contribution is 2.32. The summed E-state index contributed by atoms with van der Waals surface area (Å²) in [7, 11) is 3.22. The predicted octanol–water partition coefficient (Wildman–Crippen LogP) is 2.73. The smallest absolute Gasteiger partial charge is 0.335 e. The van der Waals surface area contributed by atoms with Crippen LogP contribution in [-0.4, -0.2) is 37.5 Å². The van der Waals surface area contributed by atoms with Crippen LogP contribution in [0.4, 0.5) is 0 Å². The van der Waals surface area contributed by atoms with Crippen LogP contribution in [0.2, 0.25) is 0 Å². The average Bonchev–Trinajstić information content (AvgIpc) is 2.47. The Balaban J connectivity index is 2.10. The van der Waals surface area contributed by atoms with E-state index in [0.29, 0.717) is 11.5 Å².